The van der Waals surface area contributed by atoms with E-state index in [4.69, 9.17) is 11.1 Å². The average Bonchev–Trinajstić information content (AvgIpc) is 2.72. The molecular formula is C22H19F6N5O. The number of nitrogens with one attached hydrogen (secondary N) is 1. The molecule has 1 aliphatic rings. The first-order chi connectivity index (χ1) is 15.9. The molecule has 0 spiro atoms. The summed E-state index contributed by atoms with van der Waals surface area (Å²) < 4.78 is 80.6. The zero-order chi connectivity index (χ0) is 25.2. The summed E-state index contributed by atoms with van der Waals surface area (Å²) in [5.41, 5.74) is 5.12. The highest BCUT2D eigenvalue weighted by Crippen LogP contribution is 2.34. The van der Waals surface area contributed by atoms with Crippen molar-refractivity contribution in [3.63, 3.8) is 0 Å². The van der Waals surface area contributed by atoms with E-state index in [1.165, 1.54) is 12.2 Å². The number of hydrogen-bond donors (Lipinski definition) is 2. The number of halogens is 6. The van der Waals surface area contributed by atoms with Crippen molar-refractivity contribution in [1.82, 2.24) is 9.88 Å². The molecule has 1 amide bonds. The first kappa shape index (κ1) is 25.1. The van der Waals surface area contributed by atoms with Gasteiger partial charge in [-0.15, -0.1) is 0 Å². The first-order valence-electron chi connectivity index (χ1n) is 9.96. The Balaban J connectivity index is 2.01. The first-order valence-corrected chi connectivity index (χ1v) is 9.96. The van der Waals surface area contributed by atoms with Gasteiger partial charge in [0, 0.05) is 31.8 Å². The molecule has 180 valence electrons. The normalized spacial score (nSPS) is 15.0. The van der Waals surface area contributed by atoms with Crippen LogP contribution in [0.1, 0.15) is 28.7 Å². The molecule has 12 heteroatoms. The molecule has 0 saturated heterocycles. The van der Waals surface area contributed by atoms with E-state index in [1.54, 1.807) is 11.8 Å². The van der Waals surface area contributed by atoms with Gasteiger partial charge in [-0.2, -0.15) is 13.2 Å². The van der Waals surface area contributed by atoms with Crippen molar-refractivity contribution in [2.24, 2.45) is 10.7 Å². The fraction of sp³-hybridized carbons (Fsp3) is 0.273. The fourth-order valence-corrected chi connectivity index (χ4v) is 3.63. The number of aliphatic imine (C=N–C) groups is 1. The quantitative estimate of drug-likeness (QED) is 0.380. The van der Waals surface area contributed by atoms with E-state index in [1.807, 2.05) is 0 Å². The standard InChI is InChI=1S/C22H19F6N5O/c1-2-3-12(31-21(30)22(26,27)28)9-33-5-4-13-14(8-17(20(29)34)32-18(13)10-33)19-15(24)6-11(23)7-16(19)25/h2-3,6-8,30H,4-5,9-10H2,1H3,(H2,29,34)/b3-2-,30-21?,31-12?. The molecule has 0 saturated carbocycles. The zero-order valence-electron chi connectivity index (χ0n) is 17.8. The molecule has 1 aliphatic heterocycles. The third-order valence-electron chi connectivity index (χ3n) is 5.06. The third-order valence-corrected chi connectivity index (χ3v) is 5.06. The van der Waals surface area contributed by atoms with Gasteiger partial charge in [-0.05, 0) is 36.6 Å². The van der Waals surface area contributed by atoms with Crippen molar-refractivity contribution >= 4 is 17.5 Å². The molecule has 0 fully saturated rings. The minimum absolute atomic E-state index is 0.00378. The molecule has 1 aromatic heterocycles. The summed E-state index contributed by atoms with van der Waals surface area (Å²) in [6.07, 6.45) is -1.93. The molecule has 2 heterocycles. The fourth-order valence-electron chi connectivity index (χ4n) is 3.63. The lowest BCUT2D eigenvalue weighted by molar-refractivity contribution is -0.0604. The number of nitrogens with zero attached hydrogens (tertiary/aromatic N) is 3. The van der Waals surface area contributed by atoms with E-state index < -0.39 is 40.9 Å². The molecule has 0 radical (unpaired) electrons. The second-order valence-electron chi connectivity index (χ2n) is 7.50. The van der Waals surface area contributed by atoms with Crippen LogP contribution >= 0.6 is 0 Å². The highest BCUT2D eigenvalue weighted by Gasteiger charge is 2.35. The van der Waals surface area contributed by atoms with Crippen LogP contribution in [0.15, 0.2) is 35.3 Å². The molecule has 1 aromatic carbocycles. The number of alkyl halides is 3. The van der Waals surface area contributed by atoms with Crippen LogP contribution in [0.3, 0.4) is 0 Å². The average molecular weight is 483 g/mol. The van der Waals surface area contributed by atoms with Gasteiger partial charge in [-0.1, -0.05) is 6.08 Å². The lowest BCUT2D eigenvalue weighted by Gasteiger charge is -2.30. The number of fused-ring (bicyclic) bond motifs is 1. The Morgan fingerprint density at radius 2 is 1.88 bits per heavy atom. The summed E-state index contributed by atoms with van der Waals surface area (Å²) in [4.78, 5) is 21.0. The summed E-state index contributed by atoms with van der Waals surface area (Å²) in [5, 5.41) is 7.11. The Morgan fingerprint density at radius 3 is 2.44 bits per heavy atom. The van der Waals surface area contributed by atoms with Gasteiger partial charge in [0.1, 0.15) is 23.1 Å². The zero-order valence-corrected chi connectivity index (χ0v) is 17.8. The number of rotatable bonds is 5. The van der Waals surface area contributed by atoms with Gasteiger partial charge in [-0.25, -0.2) is 23.1 Å². The van der Waals surface area contributed by atoms with Crippen molar-refractivity contribution < 1.29 is 31.1 Å². The SMILES string of the molecule is C/C=C\C(CN1CCc2c(-c3c(F)cc(F)cc3F)cc(C(N)=O)nc2C1)=NC(=N)C(F)(F)F. The van der Waals surface area contributed by atoms with Gasteiger partial charge in [0.2, 0.25) is 5.84 Å². The molecule has 0 unspecified atom stereocenters. The summed E-state index contributed by atoms with van der Waals surface area (Å²) in [6.45, 7) is 1.75. The van der Waals surface area contributed by atoms with Crippen molar-refractivity contribution in [1.29, 1.82) is 5.41 Å². The van der Waals surface area contributed by atoms with E-state index in [9.17, 15) is 31.1 Å². The molecule has 0 atom stereocenters. The van der Waals surface area contributed by atoms with E-state index in [2.05, 4.69) is 9.98 Å². The lowest BCUT2D eigenvalue weighted by atomic mass is 9.92. The minimum atomic E-state index is -4.91. The van der Waals surface area contributed by atoms with Crippen molar-refractivity contribution in [3.8, 4) is 11.1 Å². The van der Waals surface area contributed by atoms with Crippen LogP contribution in [0.2, 0.25) is 0 Å². The minimum Gasteiger partial charge on any atom is -0.364 e. The maximum Gasteiger partial charge on any atom is 0.450 e. The Kier molecular flexibility index (Phi) is 7.20. The van der Waals surface area contributed by atoms with Crippen LogP contribution in [0, 0.1) is 22.9 Å². The number of amidine groups is 1. The van der Waals surface area contributed by atoms with E-state index in [0.29, 0.717) is 17.7 Å². The topological polar surface area (TPSA) is 95.4 Å². The van der Waals surface area contributed by atoms with Gasteiger partial charge in [-0.3, -0.25) is 15.1 Å². The van der Waals surface area contributed by atoms with E-state index >= 15 is 0 Å². The van der Waals surface area contributed by atoms with Crippen molar-refractivity contribution in [2.75, 3.05) is 13.1 Å². The second kappa shape index (κ2) is 9.75. The molecular weight excluding hydrogens is 464 g/mol. The molecule has 0 bridgehead atoms. The van der Waals surface area contributed by atoms with Crippen LogP contribution in [0.5, 0.6) is 0 Å². The molecule has 6 nitrogen and oxygen atoms in total. The molecule has 2 aromatic rings. The van der Waals surface area contributed by atoms with Gasteiger partial charge < -0.3 is 5.73 Å². The van der Waals surface area contributed by atoms with Gasteiger partial charge in [0.15, 0.2) is 0 Å². The van der Waals surface area contributed by atoms with Crippen LogP contribution in [-0.2, 0) is 13.0 Å². The predicted molar refractivity (Wildman–Crippen MR) is 113 cm³/mol. The van der Waals surface area contributed by atoms with E-state index in [0.717, 1.165) is 6.07 Å². The number of primary amides is 1. The predicted octanol–water partition coefficient (Wildman–Crippen LogP) is 4.18. The van der Waals surface area contributed by atoms with E-state index in [-0.39, 0.29) is 48.7 Å². The van der Waals surface area contributed by atoms with Crippen molar-refractivity contribution in [2.45, 2.75) is 26.1 Å². The van der Waals surface area contributed by atoms with Crippen LogP contribution in [-0.4, -0.2) is 46.6 Å². The molecule has 3 N–H and O–H groups in total. The van der Waals surface area contributed by atoms with Crippen LogP contribution in [0.4, 0.5) is 26.3 Å². The third kappa shape index (κ3) is 5.50. The monoisotopic (exact) mass is 483 g/mol. The van der Waals surface area contributed by atoms with Crippen LogP contribution in [0.25, 0.3) is 11.1 Å². The van der Waals surface area contributed by atoms with Gasteiger partial charge in [0.25, 0.3) is 5.91 Å². The highest BCUT2D eigenvalue weighted by molar-refractivity contribution is 6.05. The molecule has 0 aliphatic carbocycles. The number of carbonyl (C=O) groups excluding carboxylic acids is 1. The largest absolute Gasteiger partial charge is 0.450 e. The number of pyridine rings is 1. The van der Waals surface area contributed by atoms with Crippen LogP contribution < -0.4 is 5.73 Å². The Bertz CT molecular complexity index is 1180. The lowest BCUT2D eigenvalue weighted by Crippen LogP contribution is -2.36. The maximum atomic E-state index is 14.5. The summed E-state index contributed by atoms with van der Waals surface area (Å²) >= 11 is 0. The summed E-state index contributed by atoms with van der Waals surface area (Å²) in [7, 11) is 0. The number of hydrogen-bond acceptors (Lipinski definition) is 4. The number of carbonyl (C=O) groups is 1. The number of aromatic nitrogens is 1. The molecule has 34 heavy (non-hydrogen) atoms. The number of amides is 1. The Hall–Kier alpha value is -3.54. The highest BCUT2D eigenvalue weighted by atomic mass is 19.4. The Morgan fingerprint density at radius 1 is 1.24 bits per heavy atom. The smallest absolute Gasteiger partial charge is 0.364 e. The number of benzene rings is 1. The summed E-state index contributed by atoms with van der Waals surface area (Å²) in [5.74, 6) is -6.16. The number of allylic oxidation sites excluding steroid dienone is 1. The summed E-state index contributed by atoms with van der Waals surface area (Å²) in [6, 6.07) is 2.16. The molecule has 3 rings (SSSR count). The van der Waals surface area contributed by atoms with Gasteiger partial charge >= 0.3 is 6.18 Å². The van der Waals surface area contributed by atoms with Gasteiger partial charge in [0.05, 0.1) is 17.0 Å². The number of nitrogens with two attached hydrogens (primary N) is 1. The second-order valence-corrected chi connectivity index (χ2v) is 7.50. The van der Waals surface area contributed by atoms with Crippen molar-refractivity contribution in [3.05, 3.63) is 64.8 Å². The maximum absolute atomic E-state index is 14.5. The Labute approximate surface area is 190 Å².